The molecule has 0 aliphatic carbocycles. The fourth-order valence-electron chi connectivity index (χ4n) is 4.67. The number of aryl methyl sites for hydroxylation is 1. The van der Waals surface area contributed by atoms with Crippen LogP contribution in [0.15, 0.2) is 108 Å². The summed E-state index contributed by atoms with van der Waals surface area (Å²) < 4.78 is 39.9. The zero-order valence-corrected chi connectivity index (χ0v) is 19.7. The Kier molecular flexibility index (Phi) is 4.23. The smallest absolute Gasteiger partial charge is 0.144 e. The number of furan rings is 1. The monoisotopic (exact) mass is 457 g/mol. The highest BCUT2D eigenvalue weighted by atomic mass is 16.3. The Bertz CT molecular complexity index is 1830. The summed E-state index contributed by atoms with van der Waals surface area (Å²) in [6.07, 6.45) is 1.72. The van der Waals surface area contributed by atoms with Crippen molar-refractivity contribution in [3.05, 3.63) is 114 Å². The Morgan fingerprint density at radius 1 is 0.743 bits per heavy atom. The van der Waals surface area contributed by atoms with E-state index in [1.807, 2.05) is 105 Å². The molecule has 0 saturated carbocycles. The summed E-state index contributed by atoms with van der Waals surface area (Å²) >= 11 is 0. The van der Waals surface area contributed by atoms with Crippen LogP contribution in [0.2, 0.25) is 0 Å². The van der Waals surface area contributed by atoms with Gasteiger partial charge < -0.3 is 4.42 Å². The maximum absolute atomic E-state index is 8.44. The minimum atomic E-state index is -2.32. The van der Waals surface area contributed by atoms with Crippen LogP contribution in [0, 0.1) is 6.85 Å². The molecule has 0 amide bonds. The summed E-state index contributed by atoms with van der Waals surface area (Å²) in [5, 5.41) is 1.58. The van der Waals surface area contributed by atoms with Gasteiger partial charge in [-0.2, -0.15) is 0 Å². The second kappa shape index (κ2) is 8.56. The summed E-state index contributed by atoms with van der Waals surface area (Å²) in [6, 6.07) is 31.2. The third kappa shape index (κ3) is 3.81. The average molecular weight is 458 g/mol. The predicted octanol–water partition coefficient (Wildman–Crippen LogP) is 9.41. The van der Waals surface area contributed by atoms with Crippen molar-refractivity contribution in [1.29, 1.82) is 0 Å². The van der Waals surface area contributed by atoms with Crippen molar-refractivity contribution in [2.24, 2.45) is 0 Å². The van der Waals surface area contributed by atoms with Crippen LogP contribution in [0.5, 0.6) is 0 Å². The number of aromatic nitrogens is 1. The van der Waals surface area contributed by atoms with Crippen molar-refractivity contribution in [3.8, 4) is 33.5 Å². The summed E-state index contributed by atoms with van der Waals surface area (Å²) in [5.41, 5.74) is 7.43. The van der Waals surface area contributed by atoms with E-state index >= 15 is 0 Å². The predicted molar refractivity (Wildman–Crippen MR) is 147 cm³/mol. The van der Waals surface area contributed by atoms with Crippen LogP contribution in [-0.2, 0) is 0 Å². The lowest BCUT2D eigenvalue weighted by atomic mass is 9.95. The molecule has 0 N–H and O–H groups in total. The first-order chi connectivity index (χ1) is 18.6. The second-order valence-electron chi connectivity index (χ2n) is 9.05. The quantitative estimate of drug-likeness (QED) is 0.263. The molecule has 0 fully saturated rings. The maximum Gasteiger partial charge on any atom is 0.144 e. The van der Waals surface area contributed by atoms with E-state index in [-0.39, 0.29) is 5.56 Å². The van der Waals surface area contributed by atoms with E-state index in [1.54, 1.807) is 12.3 Å². The van der Waals surface area contributed by atoms with Crippen molar-refractivity contribution in [1.82, 2.24) is 4.98 Å². The molecular formula is C33H27NO. The third-order valence-corrected chi connectivity index (χ3v) is 6.53. The number of hydrogen-bond acceptors (Lipinski definition) is 2. The van der Waals surface area contributed by atoms with Crippen molar-refractivity contribution in [2.75, 3.05) is 0 Å². The van der Waals surface area contributed by atoms with E-state index in [2.05, 4.69) is 4.98 Å². The van der Waals surface area contributed by atoms with Gasteiger partial charge in [0.15, 0.2) is 0 Å². The summed E-state index contributed by atoms with van der Waals surface area (Å²) in [5.74, 6) is -0.767. The first kappa shape index (κ1) is 17.3. The van der Waals surface area contributed by atoms with E-state index in [1.165, 1.54) is 0 Å². The minimum Gasteiger partial charge on any atom is -0.455 e. The van der Waals surface area contributed by atoms with Crippen LogP contribution >= 0.6 is 0 Å². The first-order valence-electron chi connectivity index (χ1n) is 13.7. The lowest BCUT2D eigenvalue weighted by Crippen LogP contribution is -1.90. The fourth-order valence-corrected chi connectivity index (χ4v) is 4.67. The van der Waals surface area contributed by atoms with Gasteiger partial charge in [-0.1, -0.05) is 74.5 Å². The van der Waals surface area contributed by atoms with Gasteiger partial charge in [-0.05, 0) is 82.5 Å². The van der Waals surface area contributed by atoms with Gasteiger partial charge in [0.2, 0.25) is 0 Å². The number of fused-ring (bicyclic) bond motifs is 3. The third-order valence-electron chi connectivity index (χ3n) is 6.53. The van der Waals surface area contributed by atoms with Gasteiger partial charge in [-0.25, -0.2) is 0 Å². The molecule has 0 aliphatic rings. The number of para-hydroxylation sites is 1. The molecule has 2 aromatic heterocycles. The highest BCUT2D eigenvalue weighted by molar-refractivity contribution is 6.10. The molecule has 0 radical (unpaired) electrons. The molecule has 0 atom stereocenters. The van der Waals surface area contributed by atoms with Crippen LogP contribution in [0.4, 0.5) is 0 Å². The van der Waals surface area contributed by atoms with Gasteiger partial charge in [-0.15, -0.1) is 0 Å². The van der Waals surface area contributed by atoms with Crippen LogP contribution in [0.1, 0.15) is 36.4 Å². The molecular weight excluding hydrogens is 426 g/mol. The number of benzene rings is 4. The van der Waals surface area contributed by atoms with Gasteiger partial charge in [-0.3, -0.25) is 4.98 Å². The zero-order chi connectivity index (χ0) is 27.4. The molecule has 35 heavy (non-hydrogen) atoms. The van der Waals surface area contributed by atoms with E-state index in [0.717, 1.165) is 38.6 Å². The highest BCUT2D eigenvalue weighted by Gasteiger charge is 2.16. The molecule has 6 rings (SSSR count). The van der Waals surface area contributed by atoms with Crippen molar-refractivity contribution in [2.45, 2.75) is 26.6 Å². The highest BCUT2D eigenvalue weighted by Crippen LogP contribution is 2.39. The second-order valence-corrected chi connectivity index (χ2v) is 9.05. The Morgan fingerprint density at radius 3 is 2.37 bits per heavy atom. The molecule has 2 heterocycles. The van der Waals surface area contributed by atoms with Crippen molar-refractivity contribution in [3.63, 3.8) is 0 Å². The zero-order valence-electron chi connectivity index (χ0n) is 23.7. The Labute approximate surface area is 211 Å². The molecule has 0 aliphatic heterocycles. The minimum absolute atomic E-state index is 0.282. The standard InChI is InChI=1S/C33H27NO/c1-21(2)24-15-16-34-31(19-24)28-14-8-13-27-30-17-22(3)29(20-32(30)35-33(27)28)26-12-7-11-25(18-26)23-9-5-4-6-10-23/h4-21H,1-3H3/i3D3,21D. The van der Waals surface area contributed by atoms with Crippen molar-refractivity contribution < 1.29 is 9.90 Å². The average Bonchev–Trinajstić information content (AvgIpc) is 3.30. The molecule has 0 unspecified atom stereocenters. The van der Waals surface area contributed by atoms with Gasteiger partial charge >= 0.3 is 0 Å². The van der Waals surface area contributed by atoms with Gasteiger partial charge in [0.05, 0.1) is 5.69 Å². The lowest BCUT2D eigenvalue weighted by Gasteiger charge is -2.09. The molecule has 0 spiro atoms. The molecule has 170 valence electrons. The normalized spacial score (nSPS) is 13.9. The summed E-state index contributed by atoms with van der Waals surface area (Å²) in [4.78, 5) is 4.57. The van der Waals surface area contributed by atoms with E-state index in [4.69, 9.17) is 9.90 Å². The van der Waals surface area contributed by atoms with Gasteiger partial charge in [0.25, 0.3) is 0 Å². The van der Waals surface area contributed by atoms with E-state index in [0.29, 0.717) is 22.4 Å². The number of rotatable bonds is 4. The topological polar surface area (TPSA) is 26.0 Å². The number of pyridine rings is 1. The molecule has 2 heteroatoms. The molecule has 2 nitrogen and oxygen atoms in total. The summed E-state index contributed by atoms with van der Waals surface area (Å²) in [7, 11) is 0. The van der Waals surface area contributed by atoms with E-state index in [9.17, 15) is 0 Å². The van der Waals surface area contributed by atoms with Crippen molar-refractivity contribution >= 4 is 21.9 Å². The number of hydrogen-bond donors (Lipinski definition) is 0. The molecule has 0 bridgehead atoms. The van der Waals surface area contributed by atoms with Crippen LogP contribution in [0.3, 0.4) is 0 Å². The molecule has 6 aromatic rings. The maximum atomic E-state index is 8.44. The molecule has 0 saturated heterocycles. The Hall–Kier alpha value is -4.17. The molecule has 4 aromatic carbocycles. The van der Waals surface area contributed by atoms with E-state index < -0.39 is 12.7 Å². The summed E-state index contributed by atoms with van der Waals surface area (Å²) in [6.45, 7) is 1.38. The number of nitrogens with zero attached hydrogens (tertiary/aromatic N) is 1. The first-order valence-corrected chi connectivity index (χ1v) is 11.7. The van der Waals surface area contributed by atoms with Gasteiger partial charge in [0.1, 0.15) is 11.2 Å². The van der Waals surface area contributed by atoms with Crippen LogP contribution in [0.25, 0.3) is 55.4 Å². The largest absolute Gasteiger partial charge is 0.455 e. The van der Waals surface area contributed by atoms with Crippen LogP contribution in [-0.4, -0.2) is 4.98 Å². The Balaban J connectivity index is 1.57. The Morgan fingerprint density at radius 2 is 1.54 bits per heavy atom. The van der Waals surface area contributed by atoms with Gasteiger partial charge in [0, 0.05) is 28.0 Å². The SMILES string of the molecule is [2H]C([2H])([2H])c1cc2c(cc1-c1cccc(-c3ccccc3)c1)oc1c(-c3cc(C([2H])(C)C)ccn3)cccc12. The fraction of sp³-hybridized carbons (Fsp3) is 0.121. The van der Waals surface area contributed by atoms with Crippen LogP contribution < -0.4 is 0 Å². The lowest BCUT2D eigenvalue weighted by molar-refractivity contribution is 0.670.